The molecule has 1 amide bonds. The summed E-state index contributed by atoms with van der Waals surface area (Å²) in [6.45, 7) is 0.328. The molecule has 1 heterocycles. The molecule has 0 spiro atoms. The Balaban J connectivity index is 1.56. The molecular weight excluding hydrogens is 617 g/mol. The summed E-state index contributed by atoms with van der Waals surface area (Å²) in [5, 5.41) is 1.19. The van der Waals surface area contributed by atoms with Gasteiger partial charge in [0, 0.05) is 15.6 Å². The largest absolute Gasteiger partial charge is 0.486 e. The molecule has 162 valence electrons. The molecule has 0 aliphatic carbocycles. The highest BCUT2D eigenvalue weighted by molar-refractivity contribution is 9.11. The zero-order valence-electron chi connectivity index (χ0n) is 16.2. The van der Waals surface area contributed by atoms with Gasteiger partial charge < -0.3 is 4.74 Å². The minimum Gasteiger partial charge on any atom is -0.486 e. The summed E-state index contributed by atoms with van der Waals surface area (Å²) in [6, 6.07) is 18.4. The lowest BCUT2D eigenvalue weighted by Crippen LogP contribution is -2.27. The Morgan fingerprint density at radius 3 is 2.44 bits per heavy atom. The number of carbonyl (C=O) groups excluding carboxylic acids is 1. The van der Waals surface area contributed by atoms with Crippen molar-refractivity contribution in [3.8, 4) is 5.75 Å². The molecule has 1 saturated heterocycles. The van der Waals surface area contributed by atoms with Gasteiger partial charge in [-0.3, -0.25) is 9.69 Å². The van der Waals surface area contributed by atoms with E-state index in [1.165, 1.54) is 16.7 Å². The topological polar surface area (TPSA) is 29.5 Å². The minimum absolute atomic E-state index is 0.187. The molecule has 9 heteroatoms. The molecule has 32 heavy (non-hydrogen) atoms. The fraction of sp³-hybridized carbons (Fsp3) is 0.0435. The first-order valence-corrected chi connectivity index (χ1v) is 12.8. The molecular formula is C23H13Br2Cl2NO2S2. The number of hydrogen-bond acceptors (Lipinski definition) is 4. The number of carbonyl (C=O) groups is 1. The van der Waals surface area contributed by atoms with Crippen LogP contribution in [-0.2, 0) is 11.4 Å². The van der Waals surface area contributed by atoms with Crippen LogP contribution in [-0.4, -0.2) is 10.2 Å². The molecule has 1 aliphatic rings. The summed E-state index contributed by atoms with van der Waals surface area (Å²) >= 11 is 26.1. The number of thiocarbonyl (C=S) groups is 1. The van der Waals surface area contributed by atoms with Crippen molar-refractivity contribution >= 4 is 101 Å². The maximum Gasteiger partial charge on any atom is 0.270 e. The lowest BCUT2D eigenvalue weighted by Gasteiger charge is -2.14. The van der Waals surface area contributed by atoms with Gasteiger partial charge in [0.25, 0.3) is 5.91 Å². The van der Waals surface area contributed by atoms with Gasteiger partial charge in [-0.05, 0) is 79.9 Å². The molecule has 1 fully saturated rings. The minimum atomic E-state index is -0.187. The lowest BCUT2D eigenvalue weighted by atomic mass is 10.2. The smallest absolute Gasteiger partial charge is 0.270 e. The van der Waals surface area contributed by atoms with Crippen LogP contribution in [0.1, 0.15) is 11.1 Å². The molecule has 0 atom stereocenters. The number of hydrogen-bond donors (Lipinski definition) is 0. The van der Waals surface area contributed by atoms with Crippen LogP contribution in [0.25, 0.3) is 6.08 Å². The number of rotatable bonds is 5. The second kappa shape index (κ2) is 10.3. The van der Waals surface area contributed by atoms with Crippen molar-refractivity contribution in [2.75, 3.05) is 4.90 Å². The molecule has 0 radical (unpaired) electrons. The van der Waals surface area contributed by atoms with E-state index in [1.807, 2.05) is 36.4 Å². The molecule has 0 aromatic heterocycles. The second-order valence-corrected chi connectivity index (χ2v) is 10.9. The Morgan fingerprint density at radius 2 is 1.75 bits per heavy atom. The molecule has 0 N–H and O–H groups in total. The summed E-state index contributed by atoms with van der Waals surface area (Å²) in [6.07, 6.45) is 1.80. The van der Waals surface area contributed by atoms with Gasteiger partial charge in [-0.15, -0.1) is 0 Å². The third kappa shape index (κ3) is 5.24. The fourth-order valence-electron chi connectivity index (χ4n) is 3.02. The Hall–Kier alpha value is -1.35. The van der Waals surface area contributed by atoms with E-state index in [9.17, 15) is 4.79 Å². The number of amides is 1. The van der Waals surface area contributed by atoms with Crippen molar-refractivity contribution in [2.24, 2.45) is 0 Å². The first-order chi connectivity index (χ1) is 15.3. The summed E-state index contributed by atoms with van der Waals surface area (Å²) in [7, 11) is 0. The number of nitrogens with zero attached hydrogens (tertiary/aromatic N) is 1. The highest BCUT2D eigenvalue weighted by Crippen LogP contribution is 2.39. The predicted octanol–water partition coefficient (Wildman–Crippen LogP) is 8.50. The summed E-state index contributed by atoms with van der Waals surface area (Å²) < 4.78 is 7.92. The molecule has 3 nitrogen and oxygen atoms in total. The van der Waals surface area contributed by atoms with Crippen LogP contribution in [0.2, 0.25) is 10.0 Å². The standard InChI is InChI=1S/C23H13Br2Cl2NO2S2/c24-17-8-13(9-18(25)21(17)30-12-14-4-1-2-7-19(14)27)10-20-22(29)28(23(31)32-20)16-6-3-5-15(26)11-16/h1-11H,12H2/b20-10+. The van der Waals surface area contributed by atoms with Gasteiger partial charge in [-0.2, -0.15) is 0 Å². The maximum absolute atomic E-state index is 13.0. The van der Waals surface area contributed by atoms with Crippen LogP contribution in [0.3, 0.4) is 0 Å². The van der Waals surface area contributed by atoms with Gasteiger partial charge >= 0.3 is 0 Å². The van der Waals surface area contributed by atoms with Crippen LogP contribution >= 0.6 is 79.0 Å². The highest BCUT2D eigenvalue weighted by Gasteiger charge is 2.33. The number of thioether (sulfide) groups is 1. The zero-order valence-corrected chi connectivity index (χ0v) is 22.5. The van der Waals surface area contributed by atoms with Gasteiger partial charge in [-0.1, -0.05) is 71.4 Å². The highest BCUT2D eigenvalue weighted by atomic mass is 79.9. The molecule has 3 aromatic rings. The SMILES string of the molecule is O=C1/C(=C\c2cc(Br)c(OCc3ccccc3Cl)c(Br)c2)SC(=S)N1c1cccc(Cl)c1. The quantitative estimate of drug-likeness (QED) is 0.209. The van der Waals surface area contributed by atoms with E-state index >= 15 is 0 Å². The summed E-state index contributed by atoms with van der Waals surface area (Å²) in [5.74, 6) is 0.460. The van der Waals surface area contributed by atoms with Gasteiger partial charge in [0.15, 0.2) is 4.32 Å². The van der Waals surface area contributed by atoms with Gasteiger partial charge in [0.1, 0.15) is 12.4 Å². The molecule has 0 unspecified atom stereocenters. The van der Waals surface area contributed by atoms with Crippen LogP contribution in [0.15, 0.2) is 74.5 Å². The molecule has 4 rings (SSSR count). The maximum atomic E-state index is 13.0. The van der Waals surface area contributed by atoms with E-state index in [0.29, 0.717) is 37.3 Å². The van der Waals surface area contributed by atoms with Gasteiger partial charge in [-0.25, -0.2) is 0 Å². The van der Waals surface area contributed by atoms with Crippen molar-refractivity contribution in [1.82, 2.24) is 0 Å². The average Bonchev–Trinajstić information content (AvgIpc) is 3.01. The third-order valence-electron chi connectivity index (χ3n) is 4.51. The van der Waals surface area contributed by atoms with Gasteiger partial charge in [0.05, 0.1) is 19.5 Å². The Kier molecular flexibility index (Phi) is 7.65. The van der Waals surface area contributed by atoms with Crippen molar-refractivity contribution in [1.29, 1.82) is 0 Å². The fourth-order valence-corrected chi connectivity index (χ4v) is 6.15. The monoisotopic (exact) mass is 627 g/mol. The van der Waals surface area contributed by atoms with E-state index in [2.05, 4.69) is 31.9 Å². The Bertz CT molecular complexity index is 1240. The second-order valence-electron chi connectivity index (χ2n) is 6.69. The number of ether oxygens (including phenoxy) is 1. The van der Waals surface area contributed by atoms with Crippen molar-refractivity contribution in [2.45, 2.75) is 6.61 Å². The molecule has 3 aromatic carbocycles. The third-order valence-corrected chi connectivity index (χ3v) is 7.59. The van der Waals surface area contributed by atoms with Crippen LogP contribution in [0, 0.1) is 0 Å². The van der Waals surface area contributed by atoms with Crippen molar-refractivity contribution < 1.29 is 9.53 Å². The number of benzene rings is 3. The Labute approximate surface area is 222 Å². The van der Waals surface area contributed by atoms with Crippen LogP contribution in [0.4, 0.5) is 5.69 Å². The Morgan fingerprint density at radius 1 is 1.03 bits per heavy atom. The summed E-state index contributed by atoms with van der Waals surface area (Å²) in [5.41, 5.74) is 2.36. The van der Waals surface area contributed by atoms with Gasteiger partial charge in [0.2, 0.25) is 0 Å². The number of anilines is 1. The summed E-state index contributed by atoms with van der Waals surface area (Å²) in [4.78, 5) is 15.0. The van der Waals surface area contributed by atoms with E-state index in [4.69, 9.17) is 40.2 Å². The average molecular weight is 630 g/mol. The first kappa shape index (κ1) is 23.8. The number of halogens is 4. The van der Waals surface area contributed by atoms with E-state index in [1.54, 1.807) is 30.3 Å². The van der Waals surface area contributed by atoms with E-state index in [0.717, 1.165) is 20.1 Å². The molecule has 0 saturated carbocycles. The normalized spacial score (nSPS) is 15.0. The predicted molar refractivity (Wildman–Crippen MR) is 145 cm³/mol. The van der Waals surface area contributed by atoms with Crippen LogP contribution < -0.4 is 9.64 Å². The zero-order chi connectivity index (χ0) is 22.8. The van der Waals surface area contributed by atoms with E-state index in [-0.39, 0.29) is 5.91 Å². The molecule has 0 bridgehead atoms. The van der Waals surface area contributed by atoms with Crippen molar-refractivity contribution in [3.63, 3.8) is 0 Å². The lowest BCUT2D eigenvalue weighted by molar-refractivity contribution is -0.113. The van der Waals surface area contributed by atoms with Crippen molar-refractivity contribution in [3.05, 3.63) is 95.7 Å². The van der Waals surface area contributed by atoms with Crippen LogP contribution in [0.5, 0.6) is 5.75 Å². The molecule has 1 aliphatic heterocycles. The van der Waals surface area contributed by atoms with E-state index < -0.39 is 0 Å². The first-order valence-electron chi connectivity index (χ1n) is 9.22.